The zero-order chi connectivity index (χ0) is 15.2. The van der Waals surface area contributed by atoms with Gasteiger partial charge in [-0.05, 0) is 23.3 Å². The number of hydrogen-bond acceptors (Lipinski definition) is 3. The van der Waals surface area contributed by atoms with Crippen LogP contribution in [0.2, 0.25) is 5.02 Å². The van der Waals surface area contributed by atoms with Gasteiger partial charge in [-0.2, -0.15) is 0 Å². The molecule has 5 heteroatoms. The zero-order valence-electron chi connectivity index (χ0n) is 11.5. The Bertz CT molecular complexity index is 623. The molecule has 0 heterocycles. The number of benzene rings is 2. The SMILES string of the molecule is COc1ccc(OCc2ccc(CC(=O)O)cc2)c(Cl)c1. The molecule has 0 amide bonds. The number of carbonyl (C=O) groups is 1. The van der Waals surface area contributed by atoms with E-state index < -0.39 is 5.97 Å². The standard InChI is InChI=1S/C16H15ClO4/c1-20-13-6-7-15(14(17)9-13)21-10-12-4-2-11(3-5-12)8-16(18)19/h2-7,9H,8,10H2,1H3,(H,18,19). The summed E-state index contributed by atoms with van der Waals surface area (Å²) in [5.41, 5.74) is 1.70. The monoisotopic (exact) mass is 306 g/mol. The van der Waals surface area contributed by atoms with E-state index >= 15 is 0 Å². The highest BCUT2D eigenvalue weighted by Gasteiger charge is 2.05. The fourth-order valence-corrected chi connectivity index (χ4v) is 2.04. The maximum Gasteiger partial charge on any atom is 0.307 e. The number of rotatable bonds is 6. The van der Waals surface area contributed by atoms with Crippen LogP contribution in [0.15, 0.2) is 42.5 Å². The van der Waals surface area contributed by atoms with E-state index in [9.17, 15) is 4.79 Å². The van der Waals surface area contributed by atoms with Gasteiger partial charge in [0.05, 0.1) is 18.6 Å². The Morgan fingerprint density at radius 3 is 2.38 bits per heavy atom. The fraction of sp³-hybridized carbons (Fsp3) is 0.188. The van der Waals surface area contributed by atoms with Gasteiger partial charge in [-0.15, -0.1) is 0 Å². The molecule has 0 aliphatic heterocycles. The summed E-state index contributed by atoms with van der Waals surface area (Å²) in [5.74, 6) is 0.404. The molecule has 110 valence electrons. The maximum atomic E-state index is 10.6. The second-order valence-electron chi connectivity index (χ2n) is 4.47. The molecular formula is C16H15ClO4. The summed E-state index contributed by atoms with van der Waals surface area (Å²) in [5, 5.41) is 9.20. The van der Waals surface area contributed by atoms with Crippen LogP contribution in [0.5, 0.6) is 11.5 Å². The minimum absolute atomic E-state index is 0.0193. The van der Waals surface area contributed by atoms with Crippen molar-refractivity contribution in [1.29, 1.82) is 0 Å². The Morgan fingerprint density at radius 2 is 1.81 bits per heavy atom. The van der Waals surface area contributed by atoms with Gasteiger partial charge in [-0.3, -0.25) is 4.79 Å². The van der Waals surface area contributed by atoms with Crippen molar-refractivity contribution in [3.8, 4) is 11.5 Å². The second kappa shape index (κ2) is 6.99. The van der Waals surface area contributed by atoms with E-state index in [0.717, 1.165) is 11.1 Å². The summed E-state index contributed by atoms with van der Waals surface area (Å²) in [7, 11) is 1.57. The number of aliphatic carboxylic acids is 1. The van der Waals surface area contributed by atoms with Gasteiger partial charge in [0, 0.05) is 6.07 Å². The van der Waals surface area contributed by atoms with Crippen LogP contribution in [0.3, 0.4) is 0 Å². The molecule has 2 rings (SSSR count). The molecule has 0 fully saturated rings. The number of hydrogen-bond donors (Lipinski definition) is 1. The van der Waals surface area contributed by atoms with Gasteiger partial charge in [-0.1, -0.05) is 35.9 Å². The summed E-state index contributed by atoms with van der Waals surface area (Å²) >= 11 is 6.09. The Morgan fingerprint density at radius 1 is 1.14 bits per heavy atom. The van der Waals surface area contributed by atoms with Gasteiger partial charge < -0.3 is 14.6 Å². The summed E-state index contributed by atoms with van der Waals surface area (Å²) in [6.07, 6.45) is 0.0193. The third kappa shape index (κ3) is 4.39. The molecule has 0 atom stereocenters. The van der Waals surface area contributed by atoms with Crippen LogP contribution in [-0.4, -0.2) is 18.2 Å². The van der Waals surface area contributed by atoms with Crippen LogP contribution in [-0.2, 0) is 17.8 Å². The Kier molecular flexibility index (Phi) is 5.06. The predicted molar refractivity (Wildman–Crippen MR) is 80.1 cm³/mol. The van der Waals surface area contributed by atoms with Crippen LogP contribution in [0, 0.1) is 0 Å². The van der Waals surface area contributed by atoms with Crippen molar-refractivity contribution < 1.29 is 19.4 Å². The number of halogens is 1. The molecule has 4 nitrogen and oxygen atoms in total. The average Bonchev–Trinajstić information content (AvgIpc) is 2.47. The lowest BCUT2D eigenvalue weighted by atomic mass is 10.1. The van der Waals surface area contributed by atoms with Crippen molar-refractivity contribution in [2.24, 2.45) is 0 Å². The van der Waals surface area contributed by atoms with E-state index in [1.165, 1.54) is 0 Å². The van der Waals surface area contributed by atoms with Gasteiger partial charge >= 0.3 is 5.97 Å². The largest absolute Gasteiger partial charge is 0.497 e. The van der Waals surface area contributed by atoms with Crippen molar-refractivity contribution in [2.45, 2.75) is 13.0 Å². The predicted octanol–water partition coefficient (Wildman–Crippen LogP) is 3.55. The van der Waals surface area contributed by atoms with Crippen molar-refractivity contribution in [3.63, 3.8) is 0 Å². The first kappa shape index (κ1) is 15.2. The number of ether oxygens (including phenoxy) is 2. The van der Waals surface area contributed by atoms with E-state index in [1.807, 2.05) is 12.1 Å². The summed E-state index contributed by atoms with van der Waals surface area (Å²) in [6.45, 7) is 0.361. The van der Waals surface area contributed by atoms with Crippen molar-refractivity contribution >= 4 is 17.6 Å². The van der Waals surface area contributed by atoms with Crippen LogP contribution in [0.1, 0.15) is 11.1 Å². The van der Waals surface area contributed by atoms with Crippen LogP contribution >= 0.6 is 11.6 Å². The molecule has 1 N–H and O–H groups in total. The third-order valence-corrected chi connectivity index (χ3v) is 3.21. The number of carboxylic acids is 1. The molecule has 0 bridgehead atoms. The molecule has 0 aliphatic carbocycles. The summed E-state index contributed by atoms with van der Waals surface area (Å²) < 4.78 is 10.7. The van der Waals surface area contributed by atoms with Gasteiger partial charge in [0.2, 0.25) is 0 Å². The van der Waals surface area contributed by atoms with Gasteiger partial charge in [0.1, 0.15) is 18.1 Å². The van der Waals surface area contributed by atoms with E-state index in [0.29, 0.717) is 23.1 Å². The van der Waals surface area contributed by atoms with Gasteiger partial charge in [0.15, 0.2) is 0 Å². The van der Waals surface area contributed by atoms with Crippen molar-refractivity contribution in [1.82, 2.24) is 0 Å². The molecule has 0 aliphatic rings. The molecule has 0 saturated carbocycles. The van der Waals surface area contributed by atoms with Crippen molar-refractivity contribution in [3.05, 3.63) is 58.6 Å². The Labute approximate surface area is 127 Å². The molecule has 2 aromatic rings. The lowest BCUT2D eigenvalue weighted by molar-refractivity contribution is -0.136. The van der Waals surface area contributed by atoms with Gasteiger partial charge in [0.25, 0.3) is 0 Å². The average molecular weight is 307 g/mol. The number of carboxylic acid groups (broad SMARTS) is 1. The van der Waals surface area contributed by atoms with E-state index in [4.69, 9.17) is 26.2 Å². The molecule has 0 unspecified atom stereocenters. The molecule has 0 radical (unpaired) electrons. The van der Waals surface area contributed by atoms with Crippen LogP contribution in [0.25, 0.3) is 0 Å². The molecule has 0 saturated heterocycles. The first-order valence-electron chi connectivity index (χ1n) is 6.34. The van der Waals surface area contributed by atoms with Gasteiger partial charge in [-0.25, -0.2) is 0 Å². The summed E-state index contributed by atoms with van der Waals surface area (Å²) in [6, 6.07) is 12.5. The summed E-state index contributed by atoms with van der Waals surface area (Å²) in [4.78, 5) is 10.6. The smallest absolute Gasteiger partial charge is 0.307 e. The van der Waals surface area contributed by atoms with Crippen molar-refractivity contribution in [2.75, 3.05) is 7.11 Å². The third-order valence-electron chi connectivity index (χ3n) is 2.91. The fourth-order valence-electron chi connectivity index (χ4n) is 1.81. The second-order valence-corrected chi connectivity index (χ2v) is 4.88. The lowest BCUT2D eigenvalue weighted by Crippen LogP contribution is -2.01. The minimum atomic E-state index is -0.844. The number of methoxy groups -OCH3 is 1. The Balaban J connectivity index is 1.98. The highest BCUT2D eigenvalue weighted by Crippen LogP contribution is 2.29. The highest BCUT2D eigenvalue weighted by molar-refractivity contribution is 6.32. The minimum Gasteiger partial charge on any atom is -0.497 e. The van der Waals surface area contributed by atoms with Crippen LogP contribution < -0.4 is 9.47 Å². The molecular weight excluding hydrogens is 292 g/mol. The highest BCUT2D eigenvalue weighted by atomic mass is 35.5. The normalized spacial score (nSPS) is 10.2. The lowest BCUT2D eigenvalue weighted by Gasteiger charge is -2.09. The zero-order valence-corrected chi connectivity index (χ0v) is 12.3. The molecule has 2 aromatic carbocycles. The quantitative estimate of drug-likeness (QED) is 0.886. The van der Waals surface area contributed by atoms with E-state index in [-0.39, 0.29) is 6.42 Å². The molecule has 0 spiro atoms. The topological polar surface area (TPSA) is 55.8 Å². The maximum absolute atomic E-state index is 10.6. The van der Waals surface area contributed by atoms with Crippen LogP contribution in [0.4, 0.5) is 0 Å². The van der Waals surface area contributed by atoms with E-state index in [1.54, 1.807) is 37.4 Å². The first-order chi connectivity index (χ1) is 10.1. The molecule has 21 heavy (non-hydrogen) atoms. The van der Waals surface area contributed by atoms with E-state index in [2.05, 4.69) is 0 Å². The first-order valence-corrected chi connectivity index (χ1v) is 6.72. The Hall–Kier alpha value is -2.20. The molecule has 0 aromatic heterocycles.